The molecule has 9 heteroatoms. The second-order valence-electron chi connectivity index (χ2n) is 5.10. The van der Waals surface area contributed by atoms with Crippen molar-refractivity contribution in [2.45, 2.75) is 12.2 Å². The van der Waals surface area contributed by atoms with Crippen LogP contribution in [0.25, 0.3) is 11.2 Å². The molecule has 2 heterocycles. The largest absolute Gasteiger partial charge is 0.416 e. The lowest BCUT2D eigenvalue weighted by Crippen LogP contribution is -2.18. The van der Waals surface area contributed by atoms with Crippen LogP contribution in [0.2, 0.25) is 0 Å². The van der Waals surface area contributed by atoms with Crippen molar-refractivity contribution in [3.63, 3.8) is 0 Å². The molecule has 2 aromatic heterocycles. The lowest BCUT2D eigenvalue weighted by molar-refractivity contribution is -0.137. The van der Waals surface area contributed by atoms with E-state index < -0.39 is 17.8 Å². The quantitative estimate of drug-likeness (QED) is 0.748. The number of ether oxygens (including phenoxy) is 1. The zero-order chi connectivity index (χ0) is 17.2. The van der Waals surface area contributed by atoms with Gasteiger partial charge in [-0.15, -0.1) is 0 Å². The molecule has 0 aliphatic heterocycles. The van der Waals surface area contributed by atoms with Crippen LogP contribution < -0.4 is 5.32 Å². The van der Waals surface area contributed by atoms with Crippen LogP contribution in [0.4, 0.5) is 19.0 Å². The number of H-pyrrole nitrogens is 1. The van der Waals surface area contributed by atoms with Crippen LogP contribution in [0.3, 0.4) is 0 Å². The lowest BCUT2D eigenvalue weighted by atomic mass is 10.0. The molecule has 0 spiro atoms. The fraction of sp³-hybridized carbons (Fsp3) is 0.267. The maximum absolute atomic E-state index is 12.9. The van der Waals surface area contributed by atoms with Gasteiger partial charge in [0.15, 0.2) is 11.5 Å². The lowest BCUT2D eigenvalue weighted by Gasteiger charge is -2.20. The number of rotatable bonds is 5. The summed E-state index contributed by atoms with van der Waals surface area (Å²) in [7, 11) is 1.48. The third-order valence-corrected chi connectivity index (χ3v) is 3.48. The van der Waals surface area contributed by atoms with Crippen molar-refractivity contribution in [3.05, 3.63) is 48.0 Å². The number of methoxy groups -OCH3 is 1. The molecule has 0 fully saturated rings. The molecule has 1 aromatic carbocycles. The maximum Gasteiger partial charge on any atom is 0.416 e. The molecule has 0 amide bonds. The second-order valence-corrected chi connectivity index (χ2v) is 5.10. The van der Waals surface area contributed by atoms with Crippen LogP contribution in [0.5, 0.6) is 0 Å². The number of imidazole rings is 1. The van der Waals surface area contributed by atoms with E-state index in [0.29, 0.717) is 22.5 Å². The van der Waals surface area contributed by atoms with Crippen LogP contribution in [-0.2, 0) is 10.9 Å². The molecule has 0 saturated heterocycles. The number of halogens is 3. The van der Waals surface area contributed by atoms with Crippen molar-refractivity contribution in [3.8, 4) is 0 Å². The summed E-state index contributed by atoms with van der Waals surface area (Å²) in [4.78, 5) is 15.1. The Morgan fingerprint density at radius 1 is 1.25 bits per heavy atom. The standard InChI is InChI=1S/C15H14F3N5O/c1-24-6-11(9-3-2-4-10(5-9)15(16,17)18)23-14-12-13(20-7-19-12)21-8-22-14/h2-5,7-8,11H,6H2,1H3,(H2,19,20,21,22,23)/t11-/m0/s1. The first-order valence-electron chi connectivity index (χ1n) is 7.05. The Morgan fingerprint density at radius 3 is 2.83 bits per heavy atom. The Bertz CT molecular complexity index is 833. The number of nitrogens with one attached hydrogen (secondary N) is 2. The highest BCUT2D eigenvalue weighted by molar-refractivity contribution is 5.82. The number of hydrogen-bond donors (Lipinski definition) is 2. The molecular formula is C15H14F3N5O. The van der Waals surface area contributed by atoms with Gasteiger partial charge in [0.1, 0.15) is 11.8 Å². The molecule has 0 saturated carbocycles. The van der Waals surface area contributed by atoms with Crippen molar-refractivity contribution in [1.29, 1.82) is 0 Å². The Morgan fingerprint density at radius 2 is 2.08 bits per heavy atom. The number of hydrogen-bond acceptors (Lipinski definition) is 5. The monoisotopic (exact) mass is 337 g/mol. The summed E-state index contributed by atoms with van der Waals surface area (Å²) in [6.07, 6.45) is -1.60. The molecule has 1 atom stereocenters. The number of alkyl halides is 3. The first-order chi connectivity index (χ1) is 11.5. The fourth-order valence-electron chi connectivity index (χ4n) is 2.36. The van der Waals surface area contributed by atoms with Gasteiger partial charge in [0.25, 0.3) is 0 Å². The molecule has 2 N–H and O–H groups in total. The van der Waals surface area contributed by atoms with Gasteiger partial charge in [0, 0.05) is 7.11 Å². The first kappa shape index (κ1) is 16.2. The summed E-state index contributed by atoms with van der Waals surface area (Å²) in [6.45, 7) is 0.168. The summed E-state index contributed by atoms with van der Waals surface area (Å²) in [5.41, 5.74) is 0.772. The molecular weight excluding hydrogens is 323 g/mol. The van der Waals surface area contributed by atoms with Gasteiger partial charge in [-0.1, -0.05) is 12.1 Å². The predicted molar refractivity (Wildman–Crippen MR) is 81.4 cm³/mol. The normalized spacial score (nSPS) is 13.2. The average Bonchev–Trinajstić information content (AvgIpc) is 3.03. The minimum absolute atomic E-state index is 0.168. The zero-order valence-electron chi connectivity index (χ0n) is 12.6. The van der Waals surface area contributed by atoms with Gasteiger partial charge in [0.05, 0.1) is 24.5 Å². The molecule has 0 aliphatic rings. The number of anilines is 1. The molecule has 3 rings (SSSR count). The average molecular weight is 337 g/mol. The van der Waals surface area contributed by atoms with E-state index >= 15 is 0 Å². The molecule has 0 aliphatic carbocycles. The minimum Gasteiger partial charge on any atom is -0.382 e. The molecule has 0 radical (unpaired) electrons. The van der Waals surface area contributed by atoms with E-state index in [-0.39, 0.29) is 6.61 Å². The Kier molecular flexibility index (Phi) is 4.34. The van der Waals surface area contributed by atoms with Gasteiger partial charge in [-0.25, -0.2) is 15.0 Å². The van der Waals surface area contributed by atoms with Crippen LogP contribution in [-0.4, -0.2) is 33.7 Å². The molecule has 126 valence electrons. The highest BCUT2D eigenvalue weighted by Gasteiger charge is 2.31. The summed E-state index contributed by atoms with van der Waals surface area (Å²) < 4.78 is 43.9. The number of benzene rings is 1. The summed E-state index contributed by atoms with van der Waals surface area (Å²) >= 11 is 0. The van der Waals surface area contributed by atoms with Crippen LogP contribution in [0.15, 0.2) is 36.9 Å². The topological polar surface area (TPSA) is 75.7 Å². The second kappa shape index (κ2) is 6.44. The van der Waals surface area contributed by atoms with Gasteiger partial charge < -0.3 is 15.0 Å². The number of nitrogens with zero attached hydrogens (tertiary/aromatic N) is 3. The fourth-order valence-corrected chi connectivity index (χ4v) is 2.36. The highest BCUT2D eigenvalue weighted by atomic mass is 19.4. The van der Waals surface area contributed by atoms with Gasteiger partial charge in [-0.05, 0) is 17.7 Å². The van der Waals surface area contributed by atoms with Crippen molar-refractivity contribution >= 4 is 17.0 Å². The zero-order valence-corrected chi connectivity index (χ0v) is 12.6. The molecule has 6 nitrogen and oxygen atoms in total. The van der Waals surface area contributed by atoms with Gasteiger partial charge in [-0.2, -0.15) is 13.2 Å². The first-order valence-corrected chi connectivity index (χ1v) is 7.05. The molecule has 24 heavy (non-hydrogen) atoms. The SMILES string of the molecule is COC[C@H](Nc1ncnc2nc[nH]c12)c1cccc(C(F)(F)F)c1. The highest BCUT2D eigenvalue weighted by Crippen LogP contribution is 2.31. The molecule has 0 bridgehead atoms. The number of aromatic amines is 1. The third-order valence-electron chi connectivity index (χ3n) is 3.48. The van der Waals surface area contributed by atoms with Crippen LogP contribution in [0, 0.1) is 0 Å². The van der Waals surface area contributed by atoms with Crippen molar-refractivity contribution in [2.75, 3.05) is 19.0 Å². The molecule has 0 unspecified atom stereocenters. The van der Waals surface area contributed by atoms with E-state index in [4.69, 9.17) is 4.74 Å². The van der Waals surface area contributed by atoms with Crippen molar-refractivity contribution in [1.82, 2.24) is 19.9 Å². The maximum atomic E-state index is 12.9. The van der Waals surface area contributed by atoms with Gasteiger partial charge in [0.2, 0.25) is 0 Å². The van der Waals surface area contributed by atoms with Crippen LogP contribution >= 0.6 is 0 Å². The van der Waals surface area contributed by atoms with Crippen LogP contribution in [0.1, 0.15) is 17.2 Å². The summed E-state index contributed by atoms with van der Waals surface area (Å²) in [6, 6.07) is 4.59. The predicted octanol–water partition coefficient (Wildman–Crippen LogP) is 3.17. The van der Waals surface area contributed by atoms with E-state index in [0.717, 1.165) is 12.1 Å². The Hall–Kier alpha value is -2.68. The van der Waals surface area contributed by atoms with E-state index in [9.17, 15) is 13.2 Å². The smallest absolute Gasteiger partial charge is 0.382 e. The van der Waals surface area contributed by atoms with Crippen molar-refractivity contribution < 1.29 is 17.9 Å². The Balaban J connectivity index is 1.94. The third kappa shape index (κ3) is 3.30. The van der Waals surface area contributed by atoms with E-state index in [1.54, 1.807) is 6.07 Å². The van der Waals surface area contributed by atoms with Gasteiger partial charge >= 0.3 is 6.18 Å². The van der Waals surface area contributed by atoms with E-state index in [1.165, 1.54) is 25.8 Å². The minimum atomic E-state index is -4.40. The summed E-state index contributed by atoms with van der Waals surface area (Å²) in [5, 5.41) is 3.09. The number of aromatic nitrogens is 4. The molecule has 3 aromatic rings. The summed E-state index contributed by atoms with van der Waals surface area (Å²) in [5.74, 6) is 0.442. The van der Waals surface area contributed by atoms with Gasteiger partial charge in [-0.3, -0.25) is 0 Å². The number of fused-ring (bicyclic) bond motifs is 1. The Labute approximate surface area is 135 Å². The van der Waals surface area contributed by atoms with E-state index in [1.807, 2.05) is 0 Å². The van der Waals surface area contributed by atoms with Crippen molar-refractivity contribution in [2.24, 2.45) is 0 Å². The van der Waals surface area contributed by atoms with E-state index in [2.05, 4.69) is 25.3 Å².